The van der Waals surface area contributed by atoms with Crippen molar-refractivity contribution >= 4 is 5.97 Å². The predicted molar refractivity (Wildman–Crippen MR) is 75.3 cm³/mol. The Hall–Kier alpha value is -0.650. The van der Waals surface area contributed by atoms with Crippen molar-refractivity contribution in [1.82, 2.24) is 5.32 Å². The highest BCUT2D eigenvalue weighted by Crippen LogP contribution is 2.14. The lowest BCUT2D eigenvalue weighted by molar-refractivity contribution is -0.151. The molecule has 0 fully saturated rings. The lowest BCUT2D eigenvalue weighted by Crippen LogP contribution is -2.50. The summed E-state index contributed by atoms with van der Waals surface area (Å²) in [6.07, 6.45) is 1.52. The smallest absolute Gasteiger partial charge is 0.326 e. The van der Waals surface area contributed by atoms with E-state index in [4.69, 9.17) is 14.2 Å². The predicted octanol–water partition coefficient (Wildman–Crippen LogP) is 1.75. The van der Waals surface area contributed by atoms with Crippen molar-refractivity contribution in [2.75, 3.05) is 39.6 Å². The van der Waals surface area contributed by atoms with Gasteiger partial charge in [-0.3, -0.25) is 4.79 Å². The molecular formula is C14H29NO4. The van der Waals surface area contributed by atoms with Gasteiger partial charge < -0.3 is 19.5 Å². The fraction of sp³-hybridized carbons (Fsp3) is 0.929. The number of carbonyl (C=O) groups is 1. The maximum atomic E-state index is 11.9. The molecule has 0 rings (SSSR count). The van der Waals surface area contributed by atoms with Crippen LogP contribution in [0.3, 0.4) is 0 Å². The highest BCUT2D eigenvalue weighted by atomic mass is 16.5. The molecule has 0 saturated heterocycles. The van der Waals surface area contributed by atoms with Crippen LogP contribution in [0.5, 0.6) is 0 Å². The van der Waals surface area contributed by atoms with Crippen LogP contribution in [0.4, 0.5) is 0 Å². The van der Waals surface area contributed by atoms with Gasteiger partial charge in [0.05, 0.1) is 19.8 Å². The molecule has 0 aliphatic heterocycles. The zero-order valence-corrected chi connectivity index (χ0v) is 12.8. The summed E-state index contributed by atoms with van der Waals surface area (Å²) in [6, 6.07) is 0. The molecule has 0 aromatic carbocycles. The Kier molecular flexibility index (Phi) is 10.8. The van der Waals surface area contributed by atoms with Gasteiger partial charge >= 0.3 is 5.97 Å². The molecule has 19 heavy (non-hydrogen) atoms. The van der Waals surface area contributed by atoms with E-state index in [2.05, 4.69) is 5.32 Å². The van der Waals surface area contributed by atoms with Gasteiger partial charge in [0.15, 0.2) is 0 Å². The van der Waals surface area contributed by atoms with Crippen LogP contribution < -0.4 is 5.32 Å². The van der Waals surface area contributed by atoms with Crippen molar-refractivity contribution in [3.63, 3.8) is 0 Å². The molecule has 1 N–H and O–H groups in total. The Balaban J connectivity index is 3.90. The number of rotatable bonds is 12. The molecule has 0 aliphatic carbocycles. The molecule has 0 aromatic heterocycles. The summed E-state index contributed by atoms with van der Waals surface area (Å²) in [5.74, 6) is -0.189. The van der Waals surface area contributed by atoms with Crippen LogP contribution in [0.15, 0.2) is 0 Å². The molecule has 0 heterocycles. The lowest BCUT2D eigenvalue weighted by atomic mass is 9.96. The van der Waals surface area contributed by atoms with E-state index in [1.54, 1.807) is 0 Å². The van der Waals surface area contributed by atoms with E-state index in [0.717, 1.165) is 13.0 Å². The molecule has 1 unspecified atom stereocenters. The Morgan fingerprint density at radius 1 is 1.05 bits per heavy atom. The van der Waals surface area contributed by atoms with Crippen LogP contribution in [0, 0.1) is 0 Å². The highest BCUT2D eigenvalue weighted by molar-refractivity contribution is 5.80. The quantitative estimate of drug-likeness (QED) is 0.434. The molecule has 1 atom stereocenters. The first-order chi connectivity index (χ1) is 9.10. The second-order valence-corrected chi connectivity index (χ2v) is 4.50. The largest absolute Gasteiger partial charge is 0.465 e. The van der Waals surface area contributed by atoms with E-state index in [9.17, 15) is 4.79 Å². The fourth-order valence-electron chi connectivity index (χ4n) is 1.84. The van der Waals surface area contributed by atoms with Crippen LogP contribution in [0.1, 0.15) is 40.5 Å². The van der Waals surface area contributed by atoms with Gasteiger partial charge in [-0.05, 0) is 40.2 Å². The molecule has 0 saturated carbocycles. The summed E-state index contributed by atoms with van der Waals surface area (Å²) in [5.41, 5.74) is -0.617. The summed E-state index contributed by atoms with van der Waals surface area (Å²) >= 11 is 0. The van der Waals surface area contributed by atoms with Gasteiger partial charge in [-0.1, -0.05) is 6.92 Å². The first-order valence-corrected chi connectivity index (χ1v) is 7.18. The summed E-state index contributed by atoms with van der Waals surface area (Å²) in [4.78, 5) is 11.9. The second kappa shape index (κ2) is 11.2. The molecule has 0 spiro atoms. The number of likely N-dealkylation sites (N-methyl/N-ethyl adjacent to an activating group) is 1. The maximum Gasteiger partial charge on any atom is 0.326 e. The van der Waals surface area contributed by atoms with Crippen molar-refractivity contribution in [3.05, 3.63) is 0 Å². The lowest BCUT2D eigenvalue weighted by Gasteiger charge is -2.28. The van der Waals surface area contributed by atoms with E-state index < -0.39 is 5.54 Å². The first-order valence-electron chi connectivity index (χ1n) is 7.18. The molecule has 0 radical (unpaired) electrons. The number of hydrogen-bond acceptors (Lipinski definition) is 5. The monoisotopic (exact) mass is 275 g/mol. The van der Waals surface area contributed by atoms with Crippen molar-refractivity contribution in [3.8, 4) is 0 Å². The zero-order chi connectivity index (χ0) is 14.6. The molecular weight excluding hydrogens is 246 g/mol. The number of ether oxygens (including phenoxy) is 3. The summed E-state index contributed by atoms with van der Waals surface area (Å²) in [6.45, 7) is 11.4. The van der Waals surface area contributed by atoms with E-state index in [0.29, 0.717) is 39.5 Å². The van der Waals surface area contributed by atoms with Gasteiger partial charge in [-0.2, -0.15) is 0 Å². The molecule has 0 aromatic rings. The van der Waals surface area contributed by atoms with Crippen LogP contribution in [-0.4, -0.2) is 51.1 Å². The zero-order valence-electron chi connectivity index (χ0n) is 12.8. The van der Waals surface area contributed by atoms with Gasteiger partial charge in [0, 0.05) is 13.2 Å². The third-order valence-electron chi connectivity index (χ3n) is 2.83. The first kappa shape index (κ1) is 18.4. The van der Waals surface area contributed by atoms with Crippen LogP contribution in [0.25, 0.3) is 0 Å². The van der Waals surface area contributed by atoms with Crippen LogP contribution in [0.2, 0.25) is 0 Å². The minimum absolute atomic E-state index is 0.189. The third-order valence-corrected chi connectivity index (χ3v) is 2.83. The minimum Gasteiger partial charge on any atom is -0.465 e. The molecule has 0 bridgehead atoms. The van der Waals surface area contributed by atoms with E-state index in [-0.39, 0.29) is 5.97 Å². The van der Waals surface area contributed by atoms with E-state index in [1.807, 2.05) is 27.7 Å². The fourth-order valence-corrected chi connectivity index (χ4v) is 1.84. The maximum absolute atomic E-state index is 11.9. The van der Waals surface area contributed by atoms with Gasteiger partial charge in [0.25, 0.3) is 0 Å². The Morgan fingerprint density at radius 3 is 2.32 bits per heavy atom. The summed E-state index contributed by atoms with van der Waals surface area (Å²) in [7, 11) is 0. The molecule has 114 valence electrons. The van der Waals surface area contributed by atoms with E-state index in [1.165, 1.54) is 0 Å². The second-order valence-electron chi connectivity index (χ2n) is 4.50. The Labute approximate surface area is 117 Å². The van der Waals surface area contributed by atoms with Gasteiger partial charge in [-0.15, -0.1) is 0 Å². The van der Waals surface area contributed by atoms with Gasteiger partial charge in [0.1, 0.15) is 5.54 Å². The van der Waals surface area contributed by atoms with Crippen molar-refractivity contribution in [2.24, 2.45) is 0 Å². The van der Waals surface area contributed by atoms with Gasteiger partial charge in [0.2, 0.25) is 0 Å². The SMILES string of the molecule is CCNC(C)(CCCOCCOCC)C(=O)OCC. The number of esters is 1. The third kappa shape index (κ3) is 8.18. The van der Waals surface area contributed by atoms with Crippen molar-refractivity contribution < 1.29 is 19.0 Å². The van der Waals surface area contributed by atoms with Gasteiger partial charge in [-0.25, -0.2) is 0 Å². The number of nitrogens with one attached hydrogen (secondary N) is 1. The van der Waals surface area contributed by atoms with Crippen LogP contribution >= 0.6 is 0 Å². The molecule has 5 nitrogen and oxygen atoms in total. The topological polar surface area (TPSA) is 56.8 Å². The molecule has 0 amide bonds. The summed E-state index contributed by atoms with van der Waals surface area (Å²) in [5, 5.41) is 3.20. The normalized spacial score (nSPS) is 14.1. The molecule has 0 aliphatic rings. The minimum atomic E-state index is -0.617. The Bertz CT molecular complexity index is 235. The van der Waals surface area contributed by atoms with Crippen molar-refractivity contribution in [1.29, 1.82) is 0 Å². The van der Waals surface area contributed by atoms with Crippen LogP contribution in [-0.2, 0) is 19.0 Å². The average Bonchev–Trinajstić information content (AvgIpc) is 2.38. The standard InChI is InChI=1S/C14H29NO4/c1-5-15-14(4,13(16)19-7-3)9-8-10-18-12-11-17-6-2/h15H,5-12H2,1-4H3. The average molecular weight is 275 g/mol. The Morgan fingerprint density at radius 2 is 1.74 bits per heavy atom. The molecule has 5 heteroatoms. The number of carbonyl (C=O) groups excluding carboxylic acids is 1. The number of hydrogen-bond donors (Lipinski definition) is 1. The van der Waals surface area contributed by atoms with Crippen molar-refractivity contribution in [2.45, 2.75) is 46.1 Å². The highest BCUT2D eigenvalue weighted by Gasteiger charge is 2.32. The summed E-state index contributed by atoms with van der Waals surface area (Å²) < 4.78 is 15.7. The van der Waals surface area contributed by atoms with E-state index >= 15 is 0 Å².